The average molecular weight is 330 g/mol. The van der Waals surface area contributed by atoms with Crippen LogP contribution in [0.5, 0.6) is 11.5 Å². The summed E-state index contributed by atoms with van der Waals surface area (Å²) >= 11 is 0. The third kappa shape index (κ3) is 4.07. The van der Waals surface area contributed by atoms with Crippen LogP contribution < -0.4 is 9.47 Å². The quantitative estimate of drug-likeness (QED) is 0.569. The van der Waals surface area contributed by atoms with Crippen molar-refractivity contribution in [3.05, 3.63) is 80.0 Å². The fourth-order valence-corrected chi connectivity index (χ4v) is 2.08. The Morgan fingerprint density at radius 1 is 1.08 bits per heavy atom. The molecular weight excluding hydrogens is 316 g/mol. The van der Waals surface area contributed by atoms with Gasteiger partial charge >= 0.3 is 0 Å². The molecule has 24 heavy (non-hydrogen) atoms. The zero-order chi connectivity index (χ0) is 17.5. The zero-order valence-corrected chi connectivity index (χ0v) is 12.7. The third-order valence-corrected chi connectivity index (χ3v) is 3.14. The van der Waals surface area contributed by atoms with Crippen LogP contribution in [0.15, 0.2) is 48.7 Å². The van der Waals surface area contributed by atoms with E-state index in [0.29, 0.717) is 6.20 Å². The van der Waals surface area contributed by atoms with E-state index < -0.39 is 9.85 Å². The second-order valence-electron chi connectivity index (χ2n) is 4.66. The van der Waals surface area contributed by atoms with Gasteiger partial charge in [-0.2, -0.15) is 0 Å². The molecule has 2 rings (SSSR count). The van der Waals surface area contributed by atoms with Gasteiger partial charge in [-0.15, -0.1) is 0 Å². The van der Waals surface area contributed by atoms with Gasteiger partial charge in [0.05, 0.1) is 17.0 Å². The number of hydrogen-bond acceptors (Lipinski definition) is 6. The van der Waals surface area contributed by atoms with Crippen LogP contribution in [0.1, 0.15) is 11.1 Å². The number of nitrogens with zero attached hydrogens (tertiary/aromatic N) is 2. The van der Waals surface area contributed by atoms with Crippen LogP contribution in [0.3, 0.4) is 0 Å². The van der Waals surface area contributed by atoms with Gasteiger partial charge in [0.25, 0.3) is 5.69 Å². The Morgan fingerprint density at radius 3 is 2.38 bits per heavy atom. The molecular formula is C16H14N2O6. The number of hydrogen-bond donors (Lipinski definition) is 0. The molecule has 8 nitrogen and oxygen atoms in total. The standard InChI is InChI=1S/C16H14N2O6/c1-23-16-13(9-10-17(19)20)14(18(21)22)7-8-15(16)24-11-12-5-3-2-4-6-12/h2-10H,11H2,1H3. The first kappa shape index (κ1) is 16.9. The molecule has 0 N–H and O–H groups in total. The fraction of sp³-hybridized carbons (Fsp3) is 0.125. The summed E-state index contributed by atoms with van der Waals surface area (Å²) in [5.74, 6) is 0.327. The van der Waals surface area contributed by atoms with Crippen molar-refractivity contribution >= 4 is 11.8 Å². The molecule has 0 heterocycles. The lowest BCUT2D eigenvalue weighted by Crippen LogP contribution is -2.01. The van der Waals surface area contributed by atoms with Gasteiger partial charge in [0.1, 0.15) is 12.2 Å². The van der Waals surface area contributed by atoms with Crippen LogP contribution in [-0.2, 0) is 6.61 Å². The Labute approximate surface area is 137 Å². The average Bonchev–Trinajstić information content (AvgIpc) is 2.58. The molecule has 0 radical (unpaired) electrons. The number of methoxy groups -OCH3 is 1. The Balaban J connectivity index is 2.39. The summed E-state index contributed by atoms with van der Waals surface area (Å²) in [6, 6.07) is 12.0. The summed E-state index contributed by atoms with van der Waals surface area (Å²) in [7, 11) is 1.32. The normalized spacial score (nSPS) is 10.5. The van der Waals surface area contributed by atoms with E-state index in [0.717, 1.165) is 11.6 Å². The van der Waals surface area contributed by atoms with Crippen LogP contribution in [0, 0.1) is 20.2 Å². The van der Waals surface area contributed by atoms with E-state index in [1.54, 1.807) is 0 Å². The number of nitro groups is 2. The zero-order valence-electron chi connectivity index (χ0n) is 12.7. The summed E-state index contributed by atoms with van der Waals surface area (Å²) in [6.07, 6.45) is 1.64. The van der Waals surface area contributed by atoms with Crippen LogP contribution in [-0.4, -0.2) is 17.0 Å². The highest BCUT2D eigenvalue weighted by atomic mass is 16.6. The van der Waals surface area contributed by atoms with Crippen LogP contribution in [0.25, 0.3) is 6.08 Å². The molecule has 0 amide bonds. The molecule has 8 heteroatoms. The Bertz CT molecular complexity index is 774. The molecule has 0 unspecified atom stereocenters. The number of benzene rings is 2. The van der Waals surface area contributed by atoms with Crippen molar-refractivity contribution in [1.82, 2.24) is 0 Å². The van der Waals surface area contributed by atoms with Gasteiger partial charge in [-0.25, -0.2) is 0 Å². The van der Waals surface area contributed by atoms with Gasteiger partial charge in [-0.1, -0.05) is 30.3 Å². The van der Waals surface area contributed by atoms with E-state index >= 15 is 0 Å². The molecule has 0 saturated heterocycles. The highest BCUT2D eigenvalue weighted by molar-refractivity contribution is 5.70. The first-order chi connectivity index (χ1) is 11.5. The SMILES string of the molecule is COc1c(OCc2ccccc2)ccc([N+](=O)[O-])c1C=C[N+](=O)[O-]. The topological polar surface area (TPSA) is 105 Å². The van der Waals surface area contributed by atoms with Gasteiger partial charge in [0.15, 0.2) is 11.5 Å². The van der Waals surface area contributed by atoms with Gasteiger partial charge in [0.2, 0.25) is 6.20 Å². The van der Waals surface area contributed by atoms with Crippen molar-refractivity contribution in [2.45, 2.75) is 6.61 Å². The Hall–Kier alpha value is -3.42. The van der Waals surface area contributed by atoms with Crippen molar-refractivity contribution in [2.24, 2.45) is 0 Å². The van der Waals surface area contributed by atoms with Crippen molar-refractivity contribution in [2.75, 3.05) is 7.11 Å². The molecule has 0 saturated carbocycles. The van der Waals surface area contributed by atoms with Crippen molar-refractivity contribution in [1.29, 1.82) is 0 Å². The van der Waals surface area contributed by atoms with Gasteiger partial charge in [-0.3, -0.25) is 20.2 Å². The van der Waals surface area contributed by atoms with E-state index in [9.17, 15) is 20.2 Å². The second-order valence-corrected chi connectivity index (χ2v) is 4.66. The Morgan fingerprint density at radius 2 is 1.79 bits per heavy atom. The third-order valence-electron chi connectivity index (χ3n) is 3.14. The lowest BCUT2D eigenvalue weighted by Gasteiger charge is -2.13. The minimum atomic E-state index is -0.708. The summed E-state index contributed by atoms with van der Waals surface area (Å²) in [6.45, 7) is 0.230. The van der Waals surface area contributed by atoms with Gasteiger partial charge in [0, 0.05) is 12.1 Å². The van der Waals surface area contributed by atoms with E-state index in [1.165, 1.54) is 19.2 Å². The van der Waals surface area contributed by atoms with Crippen molar-refractivity contribution in [3.8, 4) is 11.5 Å². The van der Waals surface area contributed by atoms with E-state index in [-0.39, 0.29) is 29.4 Å². The smallest absolute Gasteiger partial charge is 0.280 e. The molecule has 0 aliphatic rings. The molecule has 0 bridgehead atoms. The summed E-state index contributed by atoms with van der Waals surface area (Å²) in [4.78, 5) is 20.3. The molecule has 0 aromatic heterocycles. The van der Waals surface area contributed by atoms with E-state index in [2.05, 4.69) is 0 Å². The molecule has 0 atom stereocenters. The summed E-state index contributed by atoms with van der Waals surface area (Å²) in [5.41, 5.74) is 0.571. The first-order valence-electron chi connectivity index (χ1n) is 6.86. The molecule has 0 spiro atoms. The molecule has 2 aromatic carbocycles. The monoisotopic (exact) mass is 330 g/mol. The van der Waals surface area contributed by atoms with Crippen molar-refractivity contribution < 1.29 is 19.3 Å². The summed E-state index contributed by atoms with van der Waals surface area (Å²) < 4.78 is 10.8. The maximum Gasteiger partial charge on any atom is 0.280 e. The van der Waals surface area contributed by atoms with Crippen LogP contribution >= 0.6 is 0 Å². The minimum Gasteiger partial charge on any atom is -0.492 e. The highest BCUT2D eigenvalue weighted by Gasteiger charge is 2.21. The number of nitro benzene ring substituents is 1. The van der Waals surface area contributed by atoms with Crippen molar-refractivity contribution in [3.63, 3.8) is 0 Å². The highest BCUT2D eigenvalue weighted by Crippen LogP contribution is 2.38. The lowest BCUT2D eigenvalue weighted by atomic mass is 10.1. The van der Waals surface area contributed by atoms with Gasteiger partial charge < -0.3 is 9.47 Å². The molecule has 2 aromatic rings. The molecule has 124 valence electrons. The molecule has 0 fully saturated rings. The van der Waals surface area contributed by atoms with Crippen LogP contribution in [0.2, 0.25) is 0 Å². The maximum atomic E-state index is 11.1. The van der Waals surface area contributed by atoms with E-state index in [4.69, 9.17) is 9.47 Å². The molecule has 0 aliphatic carbocycles. The lowest BCUT2D eigenvalue weighted by molar-refractivity contribution is -0.401. The van der Waals surface area contributed by atoms with Crippen LogP contribution in [0.4, 0.5) is 5.69 Å². The predicted octanol–water partition coefficient (Wildman–Crippen LogP) is 3.43. The minimum absolute atomic E-state index is 0.0234. The van der Waals surface area contributed by atoms with Gasteiger partial charge in [-0.05, 0) is 11.6 Å². The Kier molecular flexibility index (Phi) is 5.45. The number of ether oxygens (including phenoxy) is 2. The number of rotatable bonds is 7. The maximum absolute atomic E-state index is 11.1. The second kappa shape index (κ2) is 7.73. The molecule has 0 aliphatic heterocycles. The largest absolute Gasteiger partial charge is 0.492 e. The fourth-order valence-electron chi connectivity index (χ4n) is 2.08. The summed E-state index contributed by atoms with van der Waals surface area (Å²) in [5, 5.41) is 21.7. The van der Waals surface area contributed by atoms with E-state index in [1.807, 2.05) is 30.3 Å². The first-order valence-corrected chi connectivity index (χ1v) is 6.86. The predicted molar refractivity (Wildman–Crippen MR) is 86.5 cm³/mol.